The number of H-pyrrole nitrogens is 2. The first-order chi connectivity index (χ1) is 32.1. The minimum Gasteiger partial charge on any atom is -0.399 e. The van der Waals surface area contributed by atoms with Gasteiger partial charge in [-0.15, -0.1) is 0 Å². The highest BCUT2D eigenvalue weighted by Crippen LogP contribution is 2.46. The molecule has 8 bridgehead atoms. The Labute approximate surface area is 418 Å². The van der Waals surface area contributed by atoms with Crippen LogP contribution in [0.5, 0.6) is 0 Å². The maximum atomic E-state index is 6.92. The Morgan fingerprint density at radius 2 is 0.843 bits per heavy atom. The van der Waals surface area contributed by atoms with Gasteiger partial charge in [-0.3, -0.25) is 0 Å². The zero-order chi connectivity index (χ0) is 51.1. The average molecular weight is 939 g/mol. The summed E-state index contributed by atoms with van der Waals surface area (Å²) < 4.78 is 27.4. The van der Waals surface area contributed by atoms with Crippen molar-refractivity contribution >= 4 is 65.5 Å². The summed E-state index contributed by atoms with van der Waals surface area (Å²) in [5.74, 6) is 0. The standard InChI is InChI=1S/C60H76B2N4O4/c1-53(2,3)37-25-35(26-38(29-37)54(4,5)6)50-46-23-24-47(65-46)51(36-27-39(55(7,8)9)30-40(28-36)56(10,11)12)52-45(62-69-59(17,18)60(19,20)70-62)32-43(64-52)31-41-21-22-42(63-41)33-48-44(34-49(50)66-48)61-67-57(13,14)58(15,16)68-61/h21-34,63-64H,1-20H3. The van der Waals surface area contributed by atoms with Gasteiger partial charge in [-0.05, 0) is 159 Å². The van der Waals surface area contributed by atoms with Gasteiger partial charge in [-0.1, -0.05) is 119 Å². The topological polar surface area (TPSA) is 94.3 Å². The quantitative estimate of drug-likeness (QED) is 0.171. The summed E-state index contributed by atoms with van der Waals surface area (Å²) >= 11 is 0. The van der Waals surface area contributed by atoms with E-state index in [4.69, 9.17) is 28.6 Å². The minimum absolute atomic E-state index is 0.132. The van der Waals surface area contributed by atoms with Crippen LogP contribution < -0.4 is 5.46 Å². The Hall–Kier alpha value is -4.99. The SMILES string of the molecule is CC(C)(C)c1cc(-c2c3nc(cc4ccc(cc5cc(B6OC(C)(C)C(C)(C)O6)c([nH]5)c(-c5cc(C(C)(C)C)cc(C(C)(C)C)c5)c5nc2C=C5)[nH]4)C(B2OC(C)(C)C(C)(C)O2)=C3)cc(C(C)(C)C)c1. The summed E-state index contributed by atoms with van der Waals surface area (Å²) in [5, 5.41) is 0. The highest BCUT2D eigenvalue weighted by molar-refractivity contribution is 6.70. The Morgan fingerprint density at radius 1 is 0.429 bits per heavy atom. The van der Waals surface area contributed by atoms with Crippen LogP contribution in [0.4, 0.5) is 0 Å². The van der Waals surface area contributed by atoms with E-state index in [0.717, 1.165) is 78.0 Å². The normalized spacial score (nSPS) is 18.8. The fourth-order valence-corrected chi connectivity index (χ4v) is 9.46. The molecular formula is C60H76B2N4O4. The van der Waals surface area contributed by atoms with Gasteiger partial charge in [0, 0.05) is 44.1 Å². The van der Waals surface area contributed by atoms with Crippen LogP contribution in [0.25, 0.3) is 68.0 Å². The monoisotopic (exact) mass is 939 g/mol. The molecule has 0 spiro atoms. The minimum atomic E-state index is -0.650. The Bertz CT molecular complexity index is 3080. The molecule has 2 fully saturated rings. The number of hydrogen-bond acceptors (Lipinski definition) is 6. The van der Waals surface area contributed by atoms with Crippen LogP contribution in [0, 0.1) is 0 Å². The van der Waals surface area contributed by atoms with Crippen molar-refractivity contribution in [3.05, 3.63) is 112 Å². The van der Waals surface area contributed by atoms with Crippen LogP contribution in [0.2, 0.25) is 0 Å². The summed E-state index contributed by atoms with van der Waals surface area (Å²) in [7, 11) is -1.29. The number of fused-ring (bicyclic) bond motifs is 8. The van der Waals surface area contributed by atoms with Crippen molar-refractivity contribution in [1.82, 2.24) is 19.9 Å². The number of aromatic nitrogens is 4. The molecule has 2 N–H and O–H groups in total. The molecule has 0 saturated carbocycles. The molecule has 4 aliphatic rings. The highest BCUT2D eigenvalue weighted by atomic mass is 16.7. The van der Waals surface area contributed by atoms with E-state index in [2.05, 4.69) is 233 Å². The lowest BCUT2D eigenvalue weighted by Gasteiger charge is -2.32. The first-order valence-corrected chi connectivity index (χ1v) is 25.3. The van der Waals surface area contributed by atoms with Crippen LogP contribution in [-0.2, 0) is 40.3 Å². The van der Waals surface area contributed by atoms with Crippen molar-refractivity contribution < 1.29 is 18.6 Å². The molecule has 4 aliphatic heterocycles. The van der Waals surface area contributed by atoms with Gasteiger partial charge in [0.05, 0.1) is 45.2 Å². The summed E-state index contributed by atoms with van der Waals surface area (Å²) in [5.41, 5.74) is 14.9. The largest absolute Gasteiger partial charge is 0.497 e. The second-order valence-electron chi connectivity index (χ2n) is 26.4. The summed E-state index contributed by atoms with van der Waals surface area (Å²) in [6.07, 6.45) is 6.53. The van der Waals surface area contributed by atoms with E-state index in [9.17, 15) is 0 Å². The zero-order valence-electron chi connectivity index (χ0n) is 45.8. The molecular weight excluding hydrogens is 862 g/mol. The second-order valence-corrected chi connectivity index (χ2v) is 26.4. The summed E-state index contributed by atoms with van der Waals surface area (Å²) in [6, 6.07) is 24.8. The van der Waals surface area contributed by atoms with E-state index in [1.807, 2.05) is 0 Å². The summed E-state index contributed by atoms with van der Waals surface area (Å²) in [4.78, 5) is 19.0. The van der Waals surface area contributed by atoms with E-state index >= 15 is 0 Å². The van der Waals surface area contributed by atoms with E-state index in [0.29, 0.717) is 0 Å². The maximum Gasteiger partial charge on any atom is 0.497 e. The Morgan fingerprint density at radius 3 is 1.30 bits per heavy atom. The molecule has 7 heterocycles. The maximum absolute atomic E-state index is 6.92. The number of nitrogens with one attached hydrogen (secondary N) is 2. The molecule has 70 heavy (non-hydrogen) atoms. The first-order valence-electron chi connectivity index (χ1n) is 25.3. The van der Waals surface area contributed by atoms with Crippen LogP contribution >= 0.6 is 0 Å². The molecule has 366 valence electrons. The smallest absolute Gasteiger partial charge is 0.399 e. The van der Waals surface area contributed by atoms with Gasteiger partial charge >= 0.3 is 14.2 Å². The number of rotatable bonds is 4. The fraction of sp³-hybridized carbons (Fsp3) is 0.467. The van der Waals surface area contributed by atoms with Gasteiger partial charge in [0.25, 0.3) is 0 Å². The summed E-state index contributed by atoms with van der Waals surface area (Å²) in [6.45, 7) is 44.3. The van der Waals surface area contributed by atoms with Gasteiger partial charge in [-0.2, -0.15) is 0 Å². The van der Waals surface area contributed by atoms with Crippen LogP contribution in [-0.4, -0.2) is 56.6 Å². The van der Waals surface area contributed by atoms with Crippen LogP contribution in [0.15, 0.2) is 66.7 Å². The lowest BCUT2D eigenvalue weighted by molar-refractivity contribution is 0.00578. The third kappa shape index (κ3) is 9.12. The number of nitrogens with zero attached hydrogens (tertiary/aromatic N) is 2. The second kappa shape index (κ2) is 16.3. The molecule has 0 unspecified atom stereocenters. The number of aromatic amines is 2. The molecule has 10 heteroatoms. The average Bonchev–Trinajstić information content (AvgIpc) is 4.07. The van der Waals surface area contributed by atoms with Crippen molar-refractivity contribution in [2.24, 2.45) is 0 Å². The molecule has 0 amide bonds. The highest BCUT2D eigenvalue weighted by Gasteiger charge is 2.54. The third-order valence-corrected chi connectivity index (χ3v) is 15.6. The Balaban J connectivity index is 1.48. The van der Waals surface area contributed by atoms with Gasteiger partial charge in [0.2, 0.25) is 0 Å². The van der Waals surface area contributed by atoms with Crippen LogP contribution in [0.3, 0.4) is 0 Å². The van der Waals surface area contributed by atoms with E-state index in [1.54, 1.807) is 0 Å². The molecule has 2 aromatic carbocycles. The van der Waals surface area contributed by atoms with Crippen molar-refractivity contribution in [2.75, 3.05) is 0 Å². The number of hydrogen-bond donors (Lipinski definition) is 2. The van der Waals surface area contributed by atoms with Crippen LogP contribution in [0.1, 0.15) is 184 Å². The molecule has 0 atom stereocenters. The predicted molar refractivity (Wildman–Crippen MR) is 295 cm³/mol. The van der Waals surface area contributed by atoms with Gasteiger partial charge in [0.1, 0.15) is 0 Å². The predicted octanol–water partition coefficient (Wildman–Crippen LogP) is 14.5. The third-order valence-electron chi connectivity index (χ3n) is 15.6. The molecule has 0 radical (unpaired) electrons. The zero-order valence-corrected chi connectivity index (χ0v) is 45.8. The number of benzene rings is 2. The molecule has 8 nitrogen and oxygen atoms in total. The van der Waals surface area contributed by atoms with Gasteiger partial charge < -0.3 is 28.6 Å². The van der Waals surface area contributed by atoms with Gasteiger partial charge in [-0.25, -0.2) is 9.97 Å². The molecule has 2 saturated heterocycles. The van der Waals surface area contributed by atoms with E-state index in [1.165, 1.54) is 22.3 Å². The first kappa shape index (κ1) is 50.0. The Kier molecular flexibility index (Phi) is 11.6. The molecule has 5 aromatic rings. The van der Waals surface area contributed by atoms with Crippen molar-refractivity contribution in [3.8, 4) is 22.3 Å². The van der Waals surface area contributed by atoms with E-state index < -0.39 is 36.6 Å². The molecule has 9 rings (SSSR count). The van der Waals surface area contributed by atoms with Gasteiger partial charge in [0.15, 0.2) is 0 Å². The molecule has 0 aliphatic carbocycles. The van der Waals surface area contributed by atoms with E-state index in [-0.39, 0.29) is 21.7 Å². The molecule has 3 aromatic heterocycles. The lowest BCUT2D eigenvalue weighted by atomic mass is 9.76. The van der Waals surface area contributed by atoms with Crippen molar-refractivity contribution in [3.63, 3.8) is 0 Å². The van der Waals surface area contributed by atoms with Crippen molar-refractivity contribution in [1.29, 1.82) is 0 Å². The fourth-order valence-electron chi connectivity index (χ4n) is 9.46. The lowest BCUT2D eigenvalue weighted by Crippen LogP contribution is -2.41. The van der Waals surface area contributed by atoms with Crippen molar-refractivity contribution in [2.45, 2.75) is 183 Å².